The van der Waals surface area contributed by atoms with Crippen molar-refractivity contribution in [2.75, 3.05) is 26.9 Å². The average molecular weight is 556 g/mol. The van der Waals surface area contributed by atoms with Gasteiger partial charge in [0, 0.05) is 5.56 Å². The highest BCUT2D eigenvalue weighted by molar-refractivity contribution is 14.1. The molecule has 4 rings (SSSR count). The zero-order valence-electron chi connectivity index (χ0n) is 18.6. The molecule has 170 valence electrons. The number of hydrogen-bond acceptors (Lipinski definition) is 5. The summed E-state index contributed by atoms with van der Waals surface area (Å²) in [5.41, 5.74) is 2.63. The van der Waals surface area contributed by atoms with Crippen molar-refractivity contribution in [1.82, 2.24) is 9.55 Å². The Morgan fingerprint density at radius 2 is 1.76 bits per heavy atom. The summed E-state index contributed by atoms with van der Waals surface area (Å²) in [7, 11) is 1.62. The molecule has 6 nitrogen and oxygen atoms in total. The van der Waals surface area contributed by atoms with Crippen LogP contribution >= 0.6 is 22.6 Å². The van der Waals surface area contributed by atoms with Gasteiger partial charge < -0.3 is 14.2 Å². The van der Waals surface area contributed by atoms with Crippen molar-refractivity contribution in [3.05, 3.63) is 86.2 Å². The van der Waals surface area contributed by atoms with E-state index in [0.29, 0.717) is 43.1 Å². The number of fused-ring (bicyclic) bond motifs is 1. The summed E-state index contributed by atoms with van der Waals surface area (Å²) in [4.78, 5) is 18.0. The molecule has 0 bridgehead atoms. The van der Waals surface area contributed by atoms with Crippen LogP contribution in [0.5, 0.6) is 11.5 Å². The molecule has 0 aliphatic heterocycles. The zero-order valence-corrected chi connectivity index (χ0v) is 20.7. The van der Waals surface area contributed by atoms with Crippen LogP contribution in [0.1, 0.15) is 5.56 Å². The van der Waals surface area contributed by atoms with E-state index in [4.69, 9.17) is 19.2 Å². The Morgan fingerprint density at radius 3 is 2.52 bits per heavy atom. The largest absolute Gasteiger partial charge is 0.497 e. The minimum absolute atomic E-state index is 0.0829. The monoisotopic (exact) mass is 556 g/mol. The van der Waals surface area contributed by atoms with Crippen LogP contribution in [0.25, 0.3) is 22.3 Å². The van der Waals surface area contributed by atoms with Gasteiger partial charge >= 0.3 is 0 Å². The second-order valence-electron chi connectivity index (χ2n) is 7.53. The molecule has 0 radical (unpaired) electrons. The van der Waals surface area contributed by atoms with Crippen LogP contribution in [0.2, 0.25) is 0 Å². The van der Waals surface area contributed by atoms with Crippen LogP contribution in [0.4, 0.5) is 0 Å². The SMILES string of the molecule is COc1ccc(-c2nc3ccccc3c(=O)n2CCOCCOc2ccc(C)cc2I)cc1. The van der Waals surface area contributed by atoms with Gasteiger partial charge in [0.15, 0.2) is 0 Å². The highest BCUT2D eigenvalue weighted by Gasteiger charge is 2.13. The Morgan fingerprint density at radius 1 is 0.970 bits per heavy atom. The number of nitrogens with zero attached hydrogens (tertiary/aromatic N) is 2. The molecule has 0 fully saturated rings. The molecule has 0 saturated heterocycles. The van der Waals surface area contributed by atoms with E-state index < -0.39 is 0 Å². The molecular formula is C26H25IN2O4. The lowest BCUT2D eigenvalue weighted by Crippen LogP contribution is -2.26. The van der Waals surface area contributed by atoms with Gasteiger partial charge in [-0.05, 0) is 83.6 Å². The Hall–Kier alpha value is -2.91. The molecule has 7 heteroatoms. The van der Waals surface area contributed by atoms with Crippen LogP contribution in [0, 0.1) is 10.5 Å². The molecule has 4 aromatic rings. The molecule has 1 aromatic heterocycles. The van der Waals surface area contributed by atoms with Gasteiger partial charge in [0.25, 0.3) is 5.56 Å². The van der Waals surface area contributed by atoms with E-state index in [1.165, 1.54) is 5.56 Å². The van der Waals surface area contributed by atoms with Crippen LogP contribution < -0.4 is 15.0 Å². The first-order valence-electron chi connectivity index (χ1n) is 10.7. The number of aromatic nitrogens is 2. The highest BCUT2D eigenvalue weighted by Crippen LogP contribution is 2.23. The molecule has 0 atom stereocenters. The molecular weight excluding hydrogens is 531 g/mol. The fourth-order valence-electron chi connectivity index (χ4n) is 3.53. The summed E-state index contributed by atoms with van der Waals surface area (Å²) in [5, 5.41) is 0.590. The van der Waals surface area contributed by atoms with Gasteiger partial charge in [-0.25, -0.2) is 4.98 Å². The van der Waals surface area contributed by atoms with Gasteiger partial charge in [0.2, 0.25) is 0 Å². The minimum Gasteiger partial charge on any atom is -0.497 e. The quantitative estimate of drug-likeness (QED) is 0.213. The summed E-state index contributed by atoms with van der Waals surface area (Å²) in [6, 6.07) is 21.0. The van der Waals surface area contributed by atoms with Gasteiger partial charge in [0.1, 0.15) is 23.9 Å². The second kappa shape index (κ2) is 10.8. The Kier molecular flexibility index (Phi) is 7.61. The summed E-state index contributed by atoms with van der Waals surface area (Å²) in [5.74, 6) is 2.21. The lowest BCUT2D eigenvalue weighted by Gasteiger charge is -2.14. The van der Waals surface area contributed by atoms with Crippen LogP contribution in [0.15, 0.2) is 71.5 Å². The molecule has 0 N–H and O–H groups in total. The molecule has 33 heavy (non-hydrogen) atoms. The maximum atomic E-state index is 13.2. The number of hydrogen-bond donors (Lipinski definition) is 0. The molecule has 3 aromatic carbocycles. The van der Waals surface area contributed by atoms with Crippen molar-refractivity contribution >= 4 is 33.5 Å². The van der Waals surface area contributed by atoms with Crippen LogP contribution in [-0.4, -0.2) is 36.5 Å². The highest BCUT2D eigenvalue weighted by atomic mass is 127. The zero-order chi connectivity index (χ0) is 23.2. The van der Waals surface area contributed by atoms with E-state index in [9.17, 15) is 4.79 Å². The first-order valence-corrected chi connectivity index (χ1v) is 11.8. The number of benzene rings is 3. The number of para-hydroxylation sites is 1. The minimum atomic E-state index is -0.0829. The van der Waals surface area contributed by atoms with Crippen molar-refractivity contribution in [2.24, 2.45) is 0 Å². The molecule has 0 saturated carbocycles. The van der Waals surface area contributed by atoms with Gasteiger partial charge in [-0.3, -0.25) is 9.36 Å². The number of methoxy groups -OCH3 is 1. The van der Waals surface area contributed by atoms with Crippen molar-refractivity contribution < 1.29 is 14.2 Å². The topological polar surface area (TPSA) is 62.6 Å². The lowest BCUT2D eigenvalue weighted by molar-refractivity contribution is 0.0938. The van der Waals surface area contributed by atoms with Crippen LogP contribution in [0.3, 0.4) is 0 Å². The van der Waals surface area contributed by atoms with Gasteiger partial charge in [0.05, 0.1) is 41.3 Å². The maximum Gasteiger partial charge on any atom is 0.261 e. The van der Waals surface area contributed by atoms with Crippen molar-refractivity contribution in [3.63, 3.8) is 0 Å². The van der Waals surface area contributed by atoms with Gasteiger partial charge in [-0.1, -0.05) is 18.2 Å². The van der Waals surface area contributed by atoms with Crippen LogP contribution in [-0.2, 0) is 11.3 Å². The number of aryl methyl sites for hydroxylation is 1. The van der Waals surface area contributed by atoms with E-state index in [2.05, 4.69) is 35.6 Å². The summed E-state index contributed by atoms with van der Waals surface area (Å²) in [6.45, 7) is 3.68. The average Bonchev–Trinajstić information content (AvgIpc) is 2.83. The van der Waals surface area contributed by atoms with E-state index in [1.807, 2.05) is 54.6 Å². The Labute approximate surface area is 206 Å². The summed E-state index contributed by atoms with van der Waals surface area (Å²) >= 11 is 2.27. The number of rotatable bonds is 9. The van der Waals surface area contributed by atoms with E-state index in [1.54, 1.807) is 17.7 Å². The fourth-order valence-corrected chi connectivity index (χ4v) is 4.35. The third-order valence-corrected chi connectivity index (χ3v) is 6.08. The predicted molar refractivity (Wildman–Crippen MR) is 138 cm³/mol. The standard InChI is InChI=1S/C26H25IN2O4/c1-18-7-12-24(22(27)17-18)33-16-15-32-14-13-29-25(19-8-10-20(31-2)11-9-19)28-23-6-4-3-5-21(23)26(29)30/h3-12,17H,13-16H2,1-2H3. The van der Waals surface area contributed by atoms with Crippen molar-refractivity contribution in [3.8, 4) is 22.9 Å². The van der Waals surface area contributed by atoms with Crippen molar-refractivity contribution in [2.45, 2.75) is 13.5 Å². The predicted octanol–water partition coefficient (Wildman–Crippen LogP) is 5.08. The third kappa shape index (κ3) is 5.54. The fraction of sp³-hybridized carbons (Fsp3) is 0.231. The normalized spacial score (nSPS) is 11.0. The maximum absolute atomic E-state index is 13.2. The Bertz CT molecular complexity index is 1300. The first-order chi connectivity index (χ1) is 16.1. The second-order valence-corrected chi connectivity index (χ2v) is 8.69. The summed E-state index contributed by atoms with van der Waals surface area (Å²) in [6.07, 6.45) is 0. The molecule has 0 spiro atoms. The van der Waals surface area contributed by atoms with Gasteiger partial charge in [-0.2, -0.15) is 0 Å². The first kappa shape index (κ1) is 23.3. The summed E-state index contributed by atoms with van der Waals surface area (Å²) < 4.78 is 19.6. The molecule has 1 heterocycles. The molecule has 0 aliphatic rings. The lowest BCUT2D eigenvalue weighted by atomic mass is 10.1. The van der Waals surface area contributed by atoms with E-state index >= 15 is 0 Å². The van der Waals surface area contributed by atoms with Gasteiger partial charge in [-0.15, -0.1) is 0 Å². The van der Waals surface area contributed by atoms with E-state index in [-0.39, 0.29) is 5.56 Å². The molecule has 0 unspecified atom stereocenters. The van der Waals surface area contributed by atoms with Crippen molar-refractivity contribution in [1.29, 1.82) is 0 Å². The third-order valence-electron chi connectivity index (χ3n) is 5.24. The van der Waals surface area contributed by atoms with E-state index in [0.717, 1.165) is 20.6 Å². The number of halogens is 1. The molecule has 0 aliphatic carbocycles. The smallest absolute Gasteiger partial charge is 0.261 e. The Balaban J connectivity index is 1.46. The number of ether oxygens (including phenoxy) is 3. The molecule has 0 amide bonds.